The van der Waals surface area contributed by atoms with E-state index in [0.29, 0.717) is 24.5 Å². The van der Waals surface area contributed by atoms with Crippen LogP contribution in [0.4, 0.5) is 0 Å². The molecular weight excluding hydrogens is 488 g/mol. The SMILES string of the molecule is O=C(O)/C=C/c1ccc2c(c1)/C(=C/CCN1CCC(O)(c3ccc(Cl)cc3)CC1)C1=C(CO2)N=CCC1. The standard InChI is InChI=1S/C30H31ClN2O4/c31-23-9-7-22(8-10-23)30(36)13-17-33(18-14-30)16-2-4-24-25-3-1-15-32-27(25)20-37-28-11-5-21(19-26(24)28)6-12-29(34)35/h4-12,15,19,36H,1-3,13-14,16-18,20H2,(H,34,35)/b12-6+,24-4+. The highest BCUT2D eigenvalue weighted by Gasteiger charge is 2.33. The van der Waals surface area contributed by atoms with E-state index in [-0.39, 0.29) is 0 Å². The smallest absolute Gasteiger partial charge is 0.328 e. The van der Waals surface area contributed by atoms with Crippen LogP contribution in [0.15, 0.2) is 70.9 Å². The van der Waals surface area contributed by atoms with Gasteiger partial charge in [-0.15, -0.1) is 0 Å². The molecule has 0 saturated carbocycles. The molecule has 7 heteroatoms. The van der Waals surface area contributed by atoms with Gasteiger partial charge in [-0.2, -0.15) is 0 Å². The minimum atomic E-state index is -0.974. The summed E-state index contributed by atoms with van der Waals surface area (Å²) in [4.78, 5) is 18.0. The number of nitrogens with zero attached hydrogens (tertiary/aromatic N) is 2. The van der Waals surface area contributed by atoms with Gasteiger partial charge in [0.25, 0.3) is 0 Å². The van der Waals surface area contributed by atoms with Gasteiger partial charge in [-0.1, -0.05) is 35.9 Å². The number of aliphatic hydroxyl groups is 1. The van der Waals surface area contributed by atoms with Gasteiger partial charge in [-0.05, 0) is 84.7 Å². The number of fused-ring (bicyclic) bond motifs is 1. The summed E-state index contributed by atoms with van der Waals surface area (Å²) in [7, 11) is 0. The number of hydrogen-bond donors (Lipinski definition) is 2. The summed E-state index contributed by atoms with van der Waals surface area (Å²) in [6.07, 6.45) is 11.0. The summed E-state index contributed by atoms with van der Waals surface area (Å²) in [5, 5.41) is 20.9. The number of carboxylic acids is 1. The molecule has 0 amide bonds. The van der Waals surface area contributed by atoms with Gasteiger partial charge in [-0.25, -0.2) is 4.79 Å². The van der Waals surface area contributed by atoms with Gasteiger partial charge in [0.05, 0.1) is 11.3 Å². The quantitative estimate of drug-likeness (QED) is 0.479. The number of ether oxygens (including phenoxy) is 1. The zero-order valence-electron chi connectivity index (χ0n) is 20.7. The Morgan fingerprint density at radius 2 is 1.95 bits per heavy atom. The predicted molar refractivity (Wildman–Crippen MR) is 147 cm³/mol. The number of hydrogen-bond acceptors (Lipinski definition) is 5. The van der Waals surface area contributed by atoms with Gasteiger partial charge in [0.2, 0.25) is 0 Å². The monoisotopic (exact) mass is 518 g/mol. The van der Waals surface area contributed by atoms with Crippen molar-refractivity contribution in [1.29, 1.82) is 0 Å². The van der Waals surface area contributed by atoms with Crippen LogP contribution in [0.1, 0.15) is 48.8 Å². The average molecular weight is 519 g/mol. The van der Waals surface area contributed by atoms with Crippen molar-refractivity contribution in [2.24, 2.45) is 4.99 Å². The summed E-state index contributed by atoms with van der Waals surface area (Å²) < 4.78 is 6.10. The molecule has 0 aromatic heterocycles. The highest BCUT2D eigenvalue weighted by atomic mass is 35.5. The van der Waals surface area contributed by atoms with Gasteiger partial charge < -0.3 is 19.8 Å². The molecule has 0 unspecified atom stereocenters. The Hall–Kier alpha value is -3.19. The Balaban J connectivity index is 1.33. The first-order chi connectivity index (χ1) is 17.9. The van der Waals surface area contributed by atoms with Gasteiger partial charge in [0, 0.05) is 42.5 Å². The van der Waals surface area contributed by atoms with E-state index in [1.54, 1.807) is 6.08 Å². The molecule has 0 atom stereocenters. The van der Waals surface area contributed by atoms with Crippen molar-refractivity contribution in [1.82, 2.24) is 4.90 Å². The molecule has 0 radical (unpaired) electrons. The van der Waals surface area contributed by atoms with Crippen LogP contribution >= 0.6 is 11.6 Å². The summed E-state index contributed by atoms with van der Waals surface area (Å²) in [5.74, 6) is -0.188. The van der Waals surface area contributed by atoms with Crippen molar-refractivity contribution in [3.8, 4) is 5.75 Å². The molecule has 5 rings (SSSR count). The second-order valence-electron chi connectivity index (χ2n) is 9.78. The molecule has 0 spiro atoms. The van der Waals surface area contributed by atoms with E-state index in [2.05, 4.69) is 16.0 Å². The predicted octanol–water partition coefficient (Wildman–Crippen LogP) is 5.71. The van der Waals surface area contributed by atoms with Crippen LogP contribution in [0.5, 0.6) is 5.75 Å². The molecule has 0 bridgehead atoms. The molecule has 2 aromatic rings. The number of aliphatic imine (C=N–C) groups is 1. The second kappa shape index (κ2) is 11.1. The number of likely N-dealkylation sites (tertiary alicyclic amines) is 1. The number of carbonyl (C=O) groups is 1. The van der Waals surface area contributed by atoms with Gasteiger partial charge in [0.1, 0.15) is 12.4 Å². The number of rotatable bonds is 6. The molecule has 192 valence electrons. The fraction of sp³-hybridized carbons (Fsp3) is 0.333. The average Bonchev–Trinajstić information content (AvgIpc) is 3.06. The lowest BCUT2D eigenvalue weighted by molar-refractivity contribution is -0.131. The number of halogens is 1. The molecule has 2 aromatic carbocycles. The zero-order valence-corrected chi connectivity index (χ0v) is 21.5. The van der Waals surface area contributed by atoms with Crippen molar-refractivity contribution < 1.29 is 19.7 Å². The first-order valence-corrected chi connectivity index (χ1v) is 13.1. The molecule has 1 fully saturated rings. The third-order valence-corrected chi connectivity index (χ3v) is 7.63. The van der Waals surface area contributed by atoms with E-state index in [9.17, 15) is 9.90 Å². The normalized spacial score (nSPS) is 20.4. The Morgan fingerprint density at radius 1 is 1.16 bits per heavy atom. The molecule has 37 heavy (non-hydrogen) atoms. The van der Waals surface area contributed by atoms with E-state index < -0.39 is 11.6 Å². The first kappa shape index (κ1) is 25.5. The van der Waals surface area contributed by atoms with E-state index in [4.69, 9.17) is 21.4 Å². The van der Waals surface area contributed by atoms with Gasteiger partial charge >= 0.3 is 5.97 Å². The third-order valence-electron chi connectivity index (χ3n) is 7.38. The lowest BCUT2D eigenvalue weighted by atomic mass is 9.84. The highest BCUT2D eigenvalue weighted by Crippen LogP contribution is 2.40. The summed E-state index contributed by atoms with van der Waals surface area (Å²) in [6.45, 7) is 2.96. The number of aliphatic carboxylic acids is 1. The topological polar surface area (TPSA) is 82.4 Å². The van der Waals surface area contributed by atoms with Crippen LogP contribution in [0.2, 0.25) is 5.02 Å². The van der Waals surface area contributed by atoms with Crippen molar-refractivity contribution in [3.63, 3.8) is 0 Å². The van der Waals surface area contributed by atoms with Crippen LogP contribution < -0.4 is 4.74 Å². The summed E-state index contributed by atoms with van der Waals surface area (Å²) in [5.41, 5.74) is 5.20. The number of allylic oxidation sites excluding steroid dienone is 2. The van der Waals surface area contributed by atoms with E-state index in [1.807, 2.05) is 48.7 Å². The maximum Gasteiger partial charge on any atom is 0.328 e. The highest BCUT2D eigenvalue weighted by molar-refractivity contribution is 6.30. The minimum Gasteiger partial charge on any atom is -0.487 e. The Bertz CT molecular complexity index is 1290. The molecule has 3 aliphatic rings. The number of carboxylic acid groups (broad SMARTS) is 1. The van der Waals surface area contributed by atoms with Crippen molar-refractivity contribution in [2.45, 2.75) is 37.7 Å². The Kier molecular flexibility index (Phi) is 7.60. The molecule has 3 heterocycles. The summed E-state index contributed by atoms with van der Waals surface area (Å²) in [6, 6.07) is 13.3. The largest absolute Gasteiger partial charge is 0.487 e. The van der Waals surface area contributed by atoms with Crippen LogP contribution in [0.25, 0.3) is 11.6 Å². The molecular formula is C30H31ClN2O4. The van der Waals surface area contributed by atoms with Crippen LogP contribution in [-0.2, 0) is 10.4 Å². The maximum atomic E-state index is 11.2. The molecule has 3 aliphatic heterocycles. The molecule has 2 N–H and O–H groups in total. The van der Waals surface area contributed by atoms with Crippen molar-refractivity contribution in [3.05, 3.63) is 87.6 Å². The number of benzene rings is 2. The minimum absolute atomic E-state index is 0.426. The Morgan fingerprint density at radius 3 is 2.70 bits per heavy atom. The molecule has 6 nitrogen and oxygen atoms in total. The first-order valence-electron chi connectivity index (χ1n) is 12.8. The fourth-order valence-corrected chi connectivity index (χ4v) is 5.43. The van der Waals surface area contributed by atoms with Gasteiger partial charge in [0.15, 0.2) is 0 Å². The van der Waals surface area contributed by atoms with Crippen LogP contribution in [0, 0.1) is 0 Å². The second-order valence-corrected chi connectivity index (χ2v) is 10.2. The maximum absolute atomic E-state index is 11.2. The van der Waals surface area contributed by atoms with E-state index in [0.717, 1.165) is 78.7 Å². The lowest BCUT2D eigenvalue weighted by Gasteiger charge is -2.38. The lowest BCUT2D eigenvalue weighted by Crippen LogP contribution is -2.42. The third kappa shape index (κ3) is 5.87. The summed E-state index contributed by atoms with van der Waals surface area (Å²) >= 11 is 6.02. The van der Waals surface area contributed by atoms with Crippen molar-refractivity contribution >= 4 is 35.4 Å². The van der Waals surface area contributed by atoms with Crippen LogP contribution in [-0.4, -0.2) is 53.5 Å². The number of piperidine rings is 1. The molecule has 0 aliphatic carbocycles. The zero-order chi connectivity index (χ0) is 25.8. The Labute approximate surface area is 222 Å². The van der Waals surface area contributed by atoms with Crippen molar-refractivity contribution in [2.75, 3.05) is 26.2 Å². The van der Waals surface area contributed by atoms with Gasteiger partial charge in [-0.3, -0.25) is 4.99 Å². The van der Waals surface area contributed by atoms with E-state index in [1.165, 1.54) is 5.57 Å². The van der Waals surface area contributed by atoms with Crippen LogP contribution in [0.3, 0.4) is 0 Å². The molecule has 1 saturated heterocycles. The fourth-order valence-electron chi connectivity index (χ4n) is 5.30. The van der Waals surface area contributed by atoms with E-state index >= 15 is 0 Å².